The maximum atomic E-state index is 11.0. The van der Waals surface area contributed by atoms with Gasteiger partial charge in [-0.2, -0.15) is 0 Å². The highest BCUT2D eigenvalue weighted by atomic mass is 79.9. The van der Waals surface area contributed by atoms with E-state index in [4.69, 9.17) is 5.11 Å². The Morgan fingerprint density at radius 1 is 1.53 bits per heavy atom. The Morgan fingerprint density at radius 3 is 3.00 bits per heavy atom. The fourth-order valence-corrected chi connectivity index (χ4v) is 3.36. The average Bonchev–Trinajstić information content (AvgIpc) is 2.80. The van der Waals surface area contributed by atoms with Crippen LogP contribution in [0.15, 0.2) is 22.7 Å². The fraction of sp³-hybridized carbons (Fsp3) is 0.417. The summed E-state index contributed by atoms with van der Waals surface area (Å²) in [5.74, 6) is -0.773. The summed E-state index contributed by atoms with van der Waals surface area (Å²) >= 11 is 3.45. The summed E-state index contributed by atoms with van der Waals surface area (Å²) in [5, 5.41) is 9.05. The largest absolute Gasteiger partial charge is 0.481 e. The Bertz CT molecular complexity index is 455. The van der Waals surface area contributed by atoms with E-state index in [0.29, 0.717) is 0 Å². The van der Waals surface area contributed by atoms with E-state index in [2.05, 4.69) is 28.1 Å². The molecule has 2 nitrogen and oxygen atoms in total. The molecule has 1 fully saturated rings. The van der Waals surface area contributed by atoms with Gasteiger partial charge in [-0.1, -0.05) is 22.0 Å². The van der Waals surface area contributed by atoms with Gasteiger partial charge in [-0.15, -0.1) is 0 Å². The highest BCUT2D eigenvalue weighted by Crippen LogP contribution is 2.61. The van der Waals surface area contributed by atoms with Crippen LogP contribution < -0.4 is 0 Å². The van der Waals surface area contributed by atoms with Crippen LogP contribution in [-0.2, 0) is 16.6 Å². The standard InChI is InChI=1S/C12H11BrO2/c13-8-1-2-9-7(5-8)3-4-12(9)6-10(12)11(14)15/h1-2,5,10H,3-4,6H2,(H,14,15). The lowest BCUT2D eigenvalue weighted by molar-refractivity contribution is -0.139. The summed E-state index contributed by atoms with van der Waals surface area (Å²) in [6.45, 7) is 0. The quantitative estimate of drug-likeness (QED) is 0.849. The first kappa shape index (κ1) is 9.40. The lowest BCUT2D eigenvalue weighted by Gasteiger charge is -2.09. The summed E-state index contributed by atoms with van der Waals surface area (Å²) in [4.78, 5) is 11.0. The van der Waals surface area contributed by atoms with Crippen molar-refractivity contribution in [1.82, 2.24) is 0 Å². The molecular formula is C12H11BrO2. The Morgan fingerprint density at radius 2 is 2.33 bits per heavy atom. The van der Waals surface area contributed by atoms with Crippen LogP contribution in [0, 0.1) is 5.92 Å². The Kier molecular flexibility index (Phi) is 1.78. The fourth-order valence-electron chi connectivity index (χ4n) is 2.95. The highest BCUT2D eigenvalue weighted by Gasteiger charge is 2.61. The normalized spacial score (nSPS) is 31.7. The van der Waals surface area contributed by atoms with Gasteiger partial charge in [0.1, 0.15) is 0 Å². The van der Waals surface area contributed by atoms with Crippen LogP contribution in [0.3, 0.4) is 0 Å². The number of halogens is 1. The second-order valence-electron chi connectivity index (χ2n) is 4.55. The first-order chi connectivity index (χ1) is 7.13. The van der Waals surface area contributed by atoms with Crippen LogP contribution in [0.2, 0.25) is 0 Å². The van der Waals surface area contributed by atoms with Crippen molar-refractivity contribution in [2.24, 2.45) is 5.92 Å². The van der Waals surface area contributed by atoms with Crippen molar-refractivity contribution in [3.8, 4) is 0 Å². The molecule has 1 saturated carbocycles. The molecule has 1 spiro atoms. The molecule has 2 aliphatic rings. The van der Waals surface area contributed by atoms with E-state index < -0.39 is 5.97 Å². The molecule has 78 valence electrons. The van der Waals surface area contributed by atoms with Crippen LogP contribution in [0.4, 0.5) is 0 Å². The molecule has 2 aliphatic carbocycles. The number of fused-ring (bicyclic) bond motifs is 2. The smallest absolute Gasteiger partial charge is 0.307 e. The summed E-state index contributed by atoms with van der Waals surface area (Å²) < 4.78 is 1.09. The predicted molar refractivity (Wildman–Crippen MR) is 59.9 cm³/mol. The van der Waals surface area contributed by atoms with E-state index in [9.17, 15) is 4.79 Å². The molecule has 0 amide bonds. The molecule has 1 aromatic carbocycles. The second-order valence-corrected chi connectivity index (χ2v) is 5.47. The molecule has 3 heteroatoms. The Hall–Kier alpha value is -0.830. The third kappa shape index (κ3) is 1.19. The topological polar surface area (TPSA) is 37.3 Å². The zero-order chi connectivity index (χ0) is 10.6. The minimum absolute atomic E-state index is 0.0120. The third-order valence-electron chi connectivity index (χ3n) is 3.82. The maximum Gasteiger partial charge on any atom is 0.307 e. The van der Waals surface area contributed by atoms with Gasteiger partial charge in [0.2, 0.25) is 0 Å². The number of benzene rings is 1. The van der Waals surface area contributed by atoms with Gasteiger partial charge in [0.05, 0.1) is 5.92 Å². The van der Waals surface area contributed by atoms with Gasteiger partial charge in [0, 0.05) is 9.89 Å². The Balaban J connectivity index is 2.04. The van der Waals surface area contributed by atoms with Crippen molar-refractivity contribution in [2.45, 2.75) is 24.7 Å². The van der Waals surface area contributed by atoms with E-state index in [1.165, 1.54) is 11.1 Å². The SMILES string of the molecule is O=C(O)C1CC12CCc1cc(Br)ccc12. The first-order valence-corrected chi connectivity index (χ1v) is 5.94. The lowest BCUT2D eigenvalue weighted by atomic mass is 9.95. The number of aliphatic carboxylic acids is 1. The minimum Gasteiger partial charge on any atom is -0.481 e. The molecule has 0 radical (unpaired) electrons. The van der Waals surface area contributed by atoms with Gasteiger partial charge in [-0.25, -0.2) is 0 Å². The molecule has 0 bridgehead atoms. The highest BCUT2D eigenvalue weighted by molar-refractivity contribution is 9.10. The number of hydrogen-bond acceptors (Lipinski definition) is 1. The number of carbonyl (C=O) groups is 1. The van der Waals surface area contributed by atoms with E-state index in [1.807, 2.05) is 6.07 Å². The molecule has 2 atom stereocenters. The monoisotopic (exact) mass is 266 g/mol. The van der Waals surface area contributed by atoms with E-state index in [-0.39, 0.29) is 11.3 Å². The number of carboxylic acid groups (broad SMARTS) is 1. The number of carboxylic acids is 1. The molecule has 0 saturated heterocycles. The predicted octanol–water partition coefficient (Wildman–Crippen LogP) is 2.74. The van der Waals surface area contributed by atoms with Crippen molar-refractivity contribution in [1.29, 1.82) is 0 Å². The summed E-state index contributed by atoms with van der Waals surface area (Å²) in [7, 11) is 0. The second kappa shape index (κ2) is 2.85. The molecule has 1 N–H and O–H groups in total. The molecule has 15 heavy (non-hydrogen) atoms. The van der Waals surface area contributed by atoms with Crippen molar-refractivity contribution < 1.29 is 9.90 Å². The van der Waals surface area contributed by atoms with Crippen LogP contribution >= 0.6 is 15.9 Å². The Labute approximate surface area is 96.4 Å². The van der Waals surface area contributed by atoms with Crippen LogP contribution in [0.25, 0.3) is 0 Å². The number of rotatable bonds is 1. The minimum atomic E-state index is -0.634. The molecule has 0 aromatic heterocycles. The van der Waals surface area contributed by atoms with E-state index >= 15 is 0 Å². The van der Waals surface area contributed by atoms with Crippen molar-refractivity contribution in [3.05, 3.63) is 33.8 Å². The summed E-state index contributed by atoms with van der Waals surface area (Å²) in [5.41, 5.74) is 2.59. The van der Waals surface area contributed by atoms with Crippen molar-refractivity contribution in [2.75, 3.05) is 0 Å². The number of aryl methyl sites for hydroxylation is 1. The van der Waals surface area contributed by atoms with Gasteiger partial charge >= 0.3 is 5.97 Å². The molecule has 0 aliphatic heterocycles. The summed E-state index contributed by atoms with van der Waals surface area (Å²) in [6.07, 6.45) is 2.87. The van der Waals surface area contributed by atoms with E-state index in [0.717, 1.165) is 23.7 Å². The lowest BCUT2D eigenvalue weighted by Crippen LogP contribution is -2.11. The van der Waals surface area contributed by atoms with Gasteiger partial charge in [0.15, 0.2) is 0 Å². The third-order valence-corrected chi connectivity index (χ3v) is 4.31. The van der Waals surface area contributed by atoms with Gasteiger partial charge in [-0.3, -0.25) is 4.79 Å². The van der Waals surface area contributed by atoms with Gasteiger partial charge < -0.3 is 5.11 Å². The molecule has 2 unspecified atom stereocenters. The maximum absolute atomic E-state index is 11.0. The molecule has 0 heterocycles. The first-order valence-electron chi connectivity index (χ1n) is 5.15. The average molecular weight is 267 g/mol. The summed E-state index contributed by atoms with van der Waals surface area (Å²) in [6, 6.07) is 6.24. The molecular weight excluding hydrogens is 256 g/mol. The van der Waals surface area contributed by atoms with Crippen molar-refractivity contribution in [3.63, 3.8) is 0 Å². The molecule has 3 rings (SSSR count). The van der Waals surface area contributed by atoms with E-state index in [1.54, 1.807) is 0 Å². The van der Waals surface area contributed by atoms with Gasteiger partial charge in [-0.05, 0) is 42.5 Å². The van der Waals surface area contributed by atoms with Crippen LogP contribution in [-0.4, -0.2) is 11.1 Å². The van der Waals surface area contributed by atoms with Crippen LogP contribution in [0.5, 0.6) is 0 Å². The van der Waals surface area contributed by atoms with Gasteiger partial charge in [0.25, 0.3) is 0 Å². The number of hydrogen-bond donors (Lipinski definition) is 1. The van der Waals surface area contributed by atoms with Crippen molar-refractivity contribution >= 4 is 21.9 Å². The zero-order valence-electron chi connectivity index (χ0n) is 8.16. The molecule has 1 aromatic rings. The zero-order valence-corrected chi connectivity index (χ0v) is 9.75. The van der Waals surface area contributed by atoms with Crippen LogP contribution in [0.1, 0.15) is 24.0 Å².